The van der Waals surface area contributed by atoms with E-state index in [1.807, 2.05) is 18.2 Å². The molecule has 1 atom stereocenters. The molecule has 0 radical (unpaired) electrons. The predicted octanol–water partition coefficient (Wildman–Crippen LogP) is 1.65. The number of anilines is 1. The van der Waals surface area contributed by atoms with Crippen LogP contribution in [0.2, 0.25) is 0 Å². The largest absolute Gasteiger partial charge is 0.467 e. The van der Waals surface area contributed by atoms with E-state index in [1.54, 1.807) is 18.7 Å². The van der Waals surface area contributed by atoms with Crippen LogP contribution >= 0.6 is 0 Å². The lowest BCUT2D eigenvalue weighted by Crippen LogP contribution is -2.39. The first-order valence-electron chi connectivity index (χ1n) is 5.60. The van der Waals surface area contributed by atoms with E-state index in [1.165, 1.54) is 0 Å². The zero-order chi connectivity index (χ0) is 11.5. The van der Waals surface area contributed by atoms with Gasteiger partial charge in [0.2, 0.25) is 5.95 Å². The quantitative estimate of drug-likeness (QED) is 0.786. The van der Waals surface area contributed by atoms with E-state index in [2.05, 4.69) is 14.9 Å². The maximum Gasteiger partial charge on any atom is 0.225 e. The summed E-state index contributed by atoms with van der Waals surface area (Å²) in [5.41, 5.74) is 0. The highest BCUT2D eigenvalue weighted by Gasteiger charge is 2.25. The number of hydrogen-bond acceptors (Lipinski definition) is 5. The van der Waals surface area contributed by atoms with Gasteiger partial charge in [-0.3, -0.25) is 0 Å². The Bertz CT molecular complexity index is 458. The highest BCUT2D eigenvalue weighted by Crippen LogP contribution is 2.24. The van der Waals surface area contributed by atoms with Crippen molar-refractivity contribution in [2.24, 2.45) is 0 Å². The first-order valence-corrected chi connectivity index (χ1v) is 5.60. The maximum atomic E-state index is 5.68. The van der Waals surface area contributed by atoms with Gasteiger partial charge in [-0.15, -0.1) is 0 Å². The van der Waals surface area contributed by atoms with Crippen LogP contribution in [0.3, 0.4) is 0 Å². The number of rotatable bonds is 2. The van der Waals surface area contributed by atoms with Crippen molar-refractivity contribution in [3.8, 4) is 0 Å². The van der Waals surface area contributed by atoms with Crippen molar-refractivity contribution in [3.63, 3.8) is 0 Å². The summed E-state index contributed by atoms with van der Waals surface area (Å²) in [7, 11) is 0. The zero-order valence-corrected chi connectivity index (χ0v) is 9.32. The second-order valence-corrected chi connectivity index (χ2v) is 3.87. The number of morpholine rings is 1. The molecule has 88 valence electrons. The van der Waals surface area contributed by atoms with E-state index in [0.29, 0.717) is 6.61 Å². The fraction of sp³-hybridized carbons (Fsp3) is 0.333. The molecule has 17 heavy (non-hydrogen) atoms. The van der Waals surface area contributed by atoms with Crippen LogP contribution in [-0.2, 0) is 4.74 Å². The normalized spacial score (nSPS) is 20.5. The number of furan rings is 1. The van der Waals surface area contributed by atoms with Gasteiger partial charge in [0.1, 0.15) is 11.9 Å². The molecule has 1 saturated heterocycles. The molecule has 0 saturated carbocycles. The number of hydrogen-bond donors (Lipinski definition) is 0. The van der Waals surface area contributed by atoms with Gasteiger partial charge in [-0.05, 0) is 18.2 Å². The Morgan fingerprint density at radius 2 is 2.12 bits per heavy atom. The average molecular weight is 231 g/mol. The van der Waals surface area contributed by atoms with E-state index >= 15 is 0 Å². The van der Waals surface area contributed by atoms with Gasteiger partial charge in [0.05, 0.1) is 19.4 Å². The lowest BCUT2D eigenvalue weighted by molar-refractivity contribution is 0.0252. The molecular weight excluding hydrogens is 218 g/mol. The highest BCUT2D eigenvalue weighted by molar-refractivity contribution is 5.30. The minimum Gasteiger partial charge on any atom is -0.467 e. The van der Waals surface area contributed by atoms with Gasteiger partial charge in [0.15, 0.2) is 0 Å². The molecule has 0 aliphatic carbocycles. The third kappa shape index (κ3) is 2.14. The molecule has 1 fully saturated rings. The van der Waals surface area contributed by atoms with E-state index in [4.69, 9.17) is 9.15 Å². The van der Waals surface area contributed by atoms with Crippen molar-refractivity contribution >= 4 is 5.95 Å². The van der Waals surface area contributed by atoms with E-state index in [9.17, 15) is 0 Å². The van der Waals surface area contributed by atoms with Gasteiger partial charge in [0.25, 0.3) is 0 Å². The smallest absolute Gasteiger partial charge is 0.225 e. The molecule has 1 unspecified atom stereocenters. The van der Waals surface area contributed by atoms with Crippen LogP contribution in [0.15, 0.2) is 41.3 Å². The van der Waals surface area contributed by atoms with Crippen molar-refractivity contribution in [3.05, 3.63) is 42.6 Å². The van der Waals surface area contributed by atoms with E-state index < -0.39 is 0 Å². The molecule has 5 nitrogen and oxygen atoms in total. The average Bonchev–Trinajstić information content (AvgIpc) is 2.94. The van der Waals surface area contributed by atoms with Gasteiger partial charge in [-0.1, -0.05) is 0 Å². The summed E-state index contributed by atoms with van der Waals surface area (Å²) in [5.74, 6) is 1.60. The maximum absolute atomic E-state index is 5.68. The third-order valence-corrected chi connectivity index (χ3v) is 2.76. The molecule has 0 bridgehead atoms. The van der Waals surface area contributed by atoms with Crippen LogP contribution < -0.4 is 4.90 Å². The number of aromatic nitrogens is 2. The Balaban J connectivity index is 1.76. The van der Waals surface area contributed by atoms with Crippen molar-refractivity contribution in [1.82, 2.24) is 9.97 Å². The van der Waals surface area contributed by atoms with Crippen molar-refractivity contribution in [2.45, 2.75) is 6.10 Å². The van der Waals surface area contributed by atoms with Crippen LogP contribution in [0.1, 0.15) is 11.9 Å². The highest BCUT2D eigenvalue weighted by atomic mass is 16.5. The first-order chi connectivity index (χ1) is 8.43. The molecule has 0 spiro atoms. The first kappa shape index (κ1) is 10.3. The molecule has 1 aliphatic rings. The Morgan fingerprint density at radius 1 is 1.24 bits per heavy atom. The molecule has 5 heteroatoms. The van der Waals surface area contributed by atoms with Crippen LogP contribution in [0.25, 0.3) is 0 Å². The second kappa shape index (κ2) is 4.55. The molecule has 0 amide bonds. The molecule has 1 aliphatic heterocycles. The summed E-state index contributed by atoms with van der Waals surface area (Å²) in [6.07, 6.45) is 5.12. The minimum absolute atomic E-state index is 0.0393. The topological polar surface area (TPSA) is 51.4 Å². The SMILES string of the molecule is c1cnc(N2CCOC(c3ccco3)C2)nc1. The third-order valence-electron chi connectivity index (χ3n) is 2.76. The fourth-order valence-electron chi connectivity index (χ4n) is 1.93. The Hall–Kier alpha value is -1.88. The molecule has 2 aromatic heterocycles. The van der Waals surface area contributed by atoms with Crippen LogP contribution in [-0.4, -0.2) is 29.7 Å². The van der Waals surface area contributed by atoms with E-state index in [-0.39, 0.29) is 6.10 Å². The number of ether oxygens (including phenoxy) is 1. The van der Waals surface area contributed by atoms with Gasteiger partial charge >= 0.3 is 0 Å². The van der Waals surface area contributed by atoms with Gasteiger partial charge in [0, 0.05) is 18.9 Å². The second-order valence-electron chi connectivity index (χ2n) is 3.87. The summed E-state index contributed by atoms with van der Waals surface area (Å²) in [6, 6.07) is 5.62. The minimum atomic E-state index is -0.0393. The zero-order valence-electron chi connectivity index (χ0n) is 9.32. The summed E-state index contributed by atoms with van der Waals surface area (Å²) in [5, 5.41) is 0. The molecular formula is C12H13N3O2. The standard InChI is InChI=1S/C12H13N3O2/c1-3-10(16-7-1)11-9-15(6-8-17-11)12-13-4-2-5-14-12/h1-5,7,11H,6,8-9H2. The molecule has 3 rings (SSSR count). The summed E-state index contributed by atoms with van der Waals surface area (Å²) >= 11 is 0. The molecule has 3 heterocycles. The monoisotopic (exact) mass is 231 g/mol. The Kier molecular flexibility index (Phi) is 2.75. The molecule has 0 aromatic carbocycles. The molecule has 0 N–H and O–H groups in total. The lowest BCUT2D eigenvalue weighted by atomic mass is 10.2. The Morgan fingerprint density at radius 3 is 2.88 bits per heavy atom. The molecule has 2 aromatic rings. The van der Waals surface area contributed by atoms with Gasteiger partial charge < -0.3 is 14.1 Å². The van der Waals surface area contributed by atoms with Gasteiger partial charge in [-0.25, -0.2) is 9.97 Å². The van der Waals surface area contributed by atoms with Gasteiger partial charge in [-0.2, -0.15) is 0 Å². The van der Waals surface area contributed by atoms with E-state index in [0.717, 1.165) is 24.8 Å². The van der Waals surface area contributed by atoms with Crippen molar-refractivity contribution in [2.75, 3.05) is 24.6 Å². The summed E-state index contributed by atoms with van der Waals surface area (Å²) in [6.45, 7) is 2.18. The van der Waals surface area contributed by atoms with Crippen molar-refractivity contribution in [1.29, 1.82) is 0 Å². The number of nitrogens with zero attached hydrogens (tertiary/aromatic N) is 3. The van der Waals surface area contributed by atoms with Crippen molar-refractivity contribution < 1.29 is 9.15 Å². The predicted molar refractivity (Wildman–Crippen MR) is 61.6 cm³/mol. The Labute approximate surface area is 99.0 Å². The summed E-state index contributed by atoms with van der Waals surface area (Å²) < 4.78 is 11.0. The fourth-order valence-corrected chi connectivity index (χ4v) is 1.93. The van der Waals surface area contributed by atoms with Crippen LogP contribution in [0.4, 0.5) is 5.95 Å². The summed E-state index contributed by atoms with van der Waals surface area (Å²) in [4.78, 5) is 10.6. The van der Waals surface area contributed by atoms with Crippen LogP contribution in [0, 0.1) is 0 Å². The lowest BCUT2D eigenvalue weighted by Gasteiger charge is -2.31. The van der Waals surface area contributed by atoms with Crippen LogP contribution in [0.5, 0.6) is 0 Å².